The Morgan fingerprint density at radius 1 is 1.22 bits per heavy atom. The van der Waals surface area contributed by atoms with E-state index in [4.69, 9.17) is 10.5 Å². The van der Waals surface area contributed by atoms with Crippen molar-refractivity contribution in [1.82, 2.24) is 9.97 Å². The first-order valence-corrected chi connectivity index (χ1v) is 5.98. The monoisotopic (exact) mass is 243 g/mol. The quantitative estimate of drug-likeness (QED) is 0.894. The van der Waals surface area contributed by atoms with Crippen molar-refractivity contribution in [2.24, 2.45) is 5.73 Å². The molecule has 0 amide bonds. The third-order valence-electron chi connectivity index (χ3n) is 2.67. The van der Waals surface area contributed by atoms with Crippen molar-refractivity contribution >= 4 is 0 Å². The predicted molar refractivity (Wildman–Crippen MR) is 70.4 cm³/mol. The van der Waals surface area contributed by atoms with E-state index in [2.05, 4.69) is 9.97 Å². The number of hydrogen-bond acceptors (Lipinski definition) is 4. The molecule has 0 aliphatic carbocycles. The van der Waals surface area contributed by atoms with E-state index in [1.165, 1.54) is 0 Å². The second kappa shape index (κ2) is 5.60. The fourth-order valence-corrected chi connectivity index (χ4v) is 1.76. The first kappa shape index (κ1) is 12.5. The zero-order chi connectivity index (χ0) is 13.0. The van der Waals surface area contributed by atoms with Crippen LogP contribution in [0.5, 0.6) is 5.75 Å². The number of aryl methyl sites for hydroxylation is 1. The molecule has 94 valence electrons. The van der Waals surface area contributed by atoms with Crippen molar-refractivity contribution < 1.29 is 4.74 Å². The largest absolute Gasteiger partial charge is 0.494 e. The molecule has 2 rings (SSSR count). The zero-order valence-corrected chi connectivity index (χ0v) is 10.6. The van der Waals surface area contributed by atoms with Crippen LogP contribution in [0.15, 0.2) is 36.5 Å². The lowest BCUT2D eigenvalue weighted by molar-refractivity contribution is 0.340. The second-order valence-corrected chi connectivity index (χ2v) is 4.01. The highest BCUT2D eigenvalue weighted by atomic mass is 16.5. The van der Waals surface area contributed by atoms with E-state index in [-0.39, 0.29) is 6.04 Å². The van der Waals surface area contributed by atoms with E-state index in [9.17, 15) is 0 Å². The Kier molecular flexibility index (Phi) is 3.89. The number of nitrogens with zero attached hydrogens (tertiary/aromatic N) is 2. The minimum absolute atomic E-state index is 0.234. The van der Waals surface area contributed by atoms with Gasteiger partial charge in [-0.3, -0.25) is 0 Å². The molecule has 0 saturated carbocycles. The Balaban J connectivity index is 2.20. The lowest BCUT2D eigenvalue weighted by Crippen LogP contribution is -2.14. The predicted octanol–water partition coefficient (Wildman–Crippen LogP) is 2.23. The summed E-state index contributed by atoms with van der Waals surface area (Å²) in [4.78, 5) is 8.41. The van der Waals surface area contributed by atoms with E-state index < -0.39 is 0 Å². The first-order valence-electron chi connectivity index (χ1n) is 5.98. The van der Waals surface area contributed by atoms with Crippen LogP contribution in [0, 0.1) is 6.92 Å². The van der Waals surface area contributed by atoms with Crippen molar-refractivity contribution in [2.45, 2.75) is 19.9 Å². The Labute approximate surface area is 107 Å². The summed E-state index contributed by atoms with van der Waals surface area (Å²) in [5.41, 5.74) is 8.01. The third kappa shape index (κ3) is 2.84. The maximum absolute atomic E-state index is 6.18. The number of hydrogen-bond donors (Lipinski definition) is 1. The molecule has 18 heavy (non-hydrogen) atoms. The lowest BCUT2D eigenvalue weighted by atomic mass is 10.0. The summed E-state index contributed by atoms with van der Waals surface area (Å²) in [5.74, 6) is 1.58. The molecule has 1 atom stereocenters. The van der Waals surface area contributed by atoms with Crippen LogP contribution in [-0.2, 0) is 0 Å². The number of nitrogens with two attached hydrogens (primary N) is 1. The molecular weight excluding hydrogens is 226 g/mol. The smallest absolute Gasteiger partial charge is 0.125 e. The molecule has 0 spiro atoms. The molecule has 0 aliphatic rings. The molecule has 0 radical (unpaired) electrons. The fraction of sp³-hybridized carbons (Fsp3) is 0.286. The van der Waals surface area contributed by atoms with Crippen LogP contribution in [0.1, 0.15) is 30.0 Å². The number of rotatable bonds is 4. The summed E-state index contributed by atoms with van der Waals surface area (Å²) < 4.78 is 5.40. The second-order valence-electron chi connectivity index (χ2n) is 4.01. The van der Waals surface area contributed by atoms with Crippen molar-refractivity contribution in [2.75, 3.05) is 6.61 Å². The van der Waals surface area contributed by atoms with Crippen LogP contribution >= 0.6 is 0 Å². The normalized spacial score (nSPS) is 12.2. The molecule has 4 heteroatoms. The Bertz CT molecular complexity index is 511. The average Bonchev–Trinajstić information content (AvgIpc) is 2.39. The van der Waals surface area contributed by atoms with Gasteiger partial charge in [-0.1, -0.05) is 12.1 Å². The lowest BCUT2D eigenvalue weighted by Gasteiger charge is -2.12. The highest BCUT2D eigenvalue weighted by Crippen LogP contribution is 2.20. The highest BCUT2D eigenvalue weighted by Gasteiger charge is 2.10. The van der Waals surface area contributed by atoms with Gasteiger partial charge in [-0.25, -0.2) is 9.97 Å². The molecule has 0 bridgehead atoms. The average molecular weight is 243 g/mol. The molecular formula is C14H17N3O. The molecule has 1 unspecified atom stereocenters. The van der Waals surface area contributed by atoms with Crippen molar-refractivity contribution in [3.05, 3.63) is 53.6 Å². The van der Waals surface area contributed by atoms with Crippen LogP contribution in [-0.4, -0.2) is 16.6 Å². The van der Waals surface area contributed by atoms with E-state index >= 15 is 0 Å². The number of benzene rings is 1. The number of aromatic nitrogens is 2. The maximum atomic E-state index is 6.18. The van der Waals surface area contributed by atoms with Gasteiger partial charge in [0.25, 0.3) is 0 Å². The van der Waals surface area contributed by atoms with Gasteiger partial charge in [-0.2, -0.15) is 0 Å². The molecule has 4 nitrogen and oxygen atoms in total. The van der Waals surface area contributed by atoms with Crippen LogP contribution in [0.2, 0.25) is 0 Å². The maximum Gasteiger partial charge on any atom is 0.125 e. The van der Waals surface area contributed by atoms with E-state index in [0.717, 1.165) is 22.8 Å². The molecule has 1 aromatic heterocycles. The topological polar surface area (TPSA) is 61.0 Å². The number of ether oxygens (including phenoxy) is 1. The van der Waals surface area contributed by atoms with E-state index in [1.807, 2.05) is 44.2 Å². The molecule has 0 fully saturated rings. The molecule has 0 saturated heterocycles. The third-order valence-corrected chi connectivity index (χ3v) is 2.67. The summed E-state index contributed by atoms with van der Waals surface area (Å²) in [5, 5.41) is 0. The van der Waals surface area contributed by atoms with Gasteiger partial charge in [0, 0.05) is 6.20 Å². The molecule has 0 aliphatic heterocycles. The van der Waals surface area contributed by atoms with Crippen molar-refractivity contribution in [1.29, 1.82) is 0 Å². The van der Waals surface area contributed by atoms with Gasteiger partial charge in [0.05, 0.1) is 18.3 Å². The van der Waals surface area contributed by atoms with Gasteiger partial charge in [-0.15, -0.1) is 0 Å². The summed E-state index contributed by atoms with van der Waals surface area (Å²) >= 11 is 0. The van der Waals surface area contributed by atoms with Crippen molar-refractivity contribution in [3.8, 4) is 5.75 Å². The first-order chi connectivity index (χ1) is 8.70. The van der Waals surface area contributed by atoms with Gasteiger partial charge in [0.15, 0.2) is 0 Å². The Morgan fingerprint density at radius 2 is 1.94 bits per heavy atom. The zero-order valence-electron chi connectivity index (χ0n) is 10.6. The Morgan fingerprint density at radius 3 is 2.56 bits per heavy atom. The van der Waals surface area contributed by atoms with Crippen LogP contribution in [0.3, 0.4) is 0 Å². The molecule has 1 aromatic carbocycles. The summed E-state index contributed by atoms with van der Waals surface area (Å²) in [6, 6.07) is 9.38. The minimum Gasteiger partial charge on any atom is -0.494 e. The van der Waals surface area contributed by atoms with Gasteiger partial charge >= 0.3 is 0 Å². The van der Waals surface area contributed by atoms with Crippen LogP contribution in [0.25, 0.3) is 0 Å². The molecule has 1 heterocycles. The van der Waals surface area contributed by atoms with Crippen LogP contribution < -0.4 is 10.5 Å². The van der Waals surface area contributed by atoms with E-state index in [0.29, 0.717) is 6.61 Å². The van der Waals surface area contributed by atoms with Gasteiger partial charge in [0.1, 0.15) is 11.6 Å². The van der Waals surface area contributed by atoms with Gasteiger partial charge in [0.2, 0.25) is 0 Å². The molecule has 2 N–H and O–H groups in total. The molecule has 2 aromatic rings. The SMILES string of the molecule is CCOc1ccc(C(N)c2ccnc(C)n2)cc1. The minimum atomic E-state index is -0.234. The summed E-state index contributed by atoms with van der Waals surface area (Å²) in [6.45, 7) is 4.48. The van der Waals surface area contributed by atoms with Gasteiger partial charge in [-0.05, 0) is 37.6 Å². The summed E-state index contributed by atoms with van der Waals surface area (Å²) in [6.07, 6.45) is 1.73. The van der Waals surface area contributed by atoms with E-state index in [1.54, 1.807) is 6.20 Å². The highest BCUT2D eigenvalue weighted by molar-refractivity contribution is 5.32. The fourth-order valence-electron chi connectivity index (χ4n) is 1.76. The van der Waals surface area contributed by atoms with Crippen molar-refractivity contribution in [3.63, 3.8) is 0 Å². The standard InChI is InChI=1S/C14H17N3O/c1-3-18-12-6-4-11(5-7-12)14(15)13-8-9-16-10(2)17-13/h4-9,14H,3,15H2,1-2H3. The van der Waals surface area contributed by atoms with Gasteiger partial charge < -0.3 is 10.5 Å². The Hall–Kier alpha value is -1.94. The summed E-state index contributed by atoms with van der Waals surface area (Å²) in [7, 11) is 0. The van der Waals surface area contributed by atoms with Crippen LogP contribution in [0.4, 0.5) is 0 Å².